The van der Waals surface area contributed by atoms with Gasteiger partial charge in [-0.15, -0.1) is 0 Å². The van der Waals surface area contributed by atoms with Gasteiger partial charge in [0.1, 0.15) is 6.04 Å². The van der Waals surface area contributed by atoms with Crippen molar-refractivity contribution in [3.63, 3.8) is 0 Å². The molecule has 0 radical (unpaired) electrons. The van der Waals surface area contributed by atoms with Crippen LogP contribution in [-0.4, -0.2) is 76.1 Å². The smallest absolute Gasteiger partial charge is 0.412 e. The fraction of sp³-hybridized carbons (Fsp3) is 0.636. The summed E-state index contributed by atoms with van der Waals surface area (Å²) in [6, 6.07) is -2.53. The monoisotopic (exact) mass is 331 g/mol. The largest absolute Gasteiger partial charge is 0.465 e. The number of nitrogens with one attached hydrogen (secondary N) is 3. The van der Waals surface area contributed by atoms with Crippen LogP contribution in [0.5, 0.6) is 0 Å². The number of urea groups is 2. The highest BCUT2D eigenvalue weighted by molar-refractivity contribution is 5.89. The summed E-state index contributed by atoms with van der Waals surface area (Å²) in [6.45, 7) is 0.164. The molecule has 12 nitrogen and oxygen atoms in total. The second kappa shape index (κ2) is 7.11. The zero-order valence-corrected chi connectivity index (χ0v) is 12.0. The van der Waals surface area contributed by atoms with Crippen LogP contribution in [0.3, 0.4) is 0 Å². The first kappa shape index (κ1) is 16.8. The Labute approximate surface area is 130 Å². The maximum Gasteiger partial charge on any atom is 0.412 e. The normalized spacial score (nSPS) is 22.7. The molecule has 128 valence electrons. The average molecular weight is 331 g/mol. The lowest BCUT2D eigenvalue weighted by Crippen LogP contribution is -2.50. The van der Waals surface area contributed by atoms with Gasteiger partial charge in [0, 0.05) is 13.1 Å². The van der Waals surface area contributed by atoms with Crippen molar-refractivity contribution >= 4 is 24.1 Å². The lowest BCUT2D eigenvalue weighted by Gasteiger charge is -2.28. The van der Waals surface area contributed by atoms with Crippen LogP contribution in [0.1, 0.15) is 12.8 Å². The van der Waals surface area contributed by atoms with Crippen LogP contribution >= 0.6 is 0 Å². The molecule has 2 saturated heterocycles. The van der Waals surface area contributed by atoms with E-state index < -0.39 is 30.1 Å². The van der Waals surface area contributed by atoms with Crippen LogP contribution in [0.25, 0.3) is 0 Å². The molecular formula is C11H17N5O7. The van der Waals surface area contributed by atoms with Crippen LogP contribution in [0.4, 0.5) is 14.4 Å². The Balaban J connectivity index is 1.67. The molecule has 2 aliphatic rings. The lowest BCUT2D eigenvalue weighted by atomic mass is 10.0. The van der Waals surface area contributed by atoms with Gasteiger partial charge in [0.15, 0.2) is 0 Å². The molecule has 0 aromatic carbocycles. The highest BCUT2D eigenvalue weighted by Gasteiger charge is 2.46. The fourth-order valence-corrected chi connectivity index (χ4v) is 2.47. The molecule has 23 heavy (non-hydrogen) atoms. The molecule has 2 fully saturated rings. The van der Waals surface area contributed by atoms with Crippen molar-refractivity contribution < 1.29 is 34.3 Å². The minimum absolute atomic E-state index is 0.0286. The molecule has 0 aromatic heterocycles. The molecule has 0 aromatic rings. The summed E-state index contributed by atoms with van der Waals surface area (Å²) < 4.78 is 0. The Morgan fingerprint density at radius 2 is 2.04 bits per heavy atom. The average Bonchev–Trinajstić information content (AvgIpc) is 2.71. The van der Waals surface area contributed by atoms with E-state index in [1.807, 2.05) is 0 Å². The Kier molecular flexibility index (Phi) is 5.18. The zero-order valence-electron chi connectivity index (χ0n) is 12.0. The summed E-state index contributed by atoms with van der Waals surface area (Å²) in [5, 5.41) is 22.2. The Morgan fingerprint density at radius 3 is 2.74 bits per heavy atom. The molecule has 2 atom stereocenters. The van der Waals surface area contributed by atoms with Gasteiger partial charge in [0.05, 0.1) is 12.6 Å². The summed E-state index contributed by atoms with van der Waals surface area (Å²) in [5.74, 6) is -0.526. The van der Waals surface area contributed by atoms with E-state index in [4.69, 9.17) is 9.94 Å². The van der Waals surface area contributed by atoms with Crippen molar-refractivity contribution in [1.82, 2.24) is 26.1 Å². The predicted molar refractivity (Wildman–Crippen MR) is 71.2 cm³/mol. The first-order valence-corrected chi connectivity index (χ1v) is 6.88. The fourth-order valence-electron chi connectivity index (χ4n) is 2.47. The van der Waals surface area contributed by atoms with Crippen LogP contribution in [-0.2, 0) is 9.63 Å². The third kappa shape index (κ3) is 3.98. The molecule has 2 bridgehead atoms. The summed E-state index contributed by atoms with van der Waals surface area (Å²) in [4.78, 5) is 50.9. The third-order valence-electron chi connectivity index (χ3n) is 3.53. The molecule has 2 rings (SSSR count). The van der Waals surface area contributed by atoms with Gasteiger partial charge < -0.3 is 15.3 Å². The van der Waals surface area contributed by atoms with E-state index in [0.29, 0.717) is 17.9 Å². The molecular weight excluding hydrogens is 314 g/mol. The van der Waals surface area contributed by atoms with Gasteiger partial charge >= 0.3 is 18.2 Å². The maximum absolute atomic E-state index is 12.0. The number of nitrogens with zero attached hydrogens (tertiary/aromatic N) is 2. The Bertz CT molecular complexity index is 513. The van der Waals surface area contributed by atoms with Crippen LogP contribution < -0.4 is 16.1 Å². The number of fused-ring (bicyclic) bond motifs is 2. The molecule has 2 aliphatic heterocycles. The number of hydrogen-bond acceptors (Lipinski definition) is 6. The number of carboxylic acid groups (broad SMARTS) is 1. The summed E-state index contributed by atoms with van der Waals surface area (Å²) in [7, 11) is 0. The minimum atomic E-state index is -1.49. The van der Waals surface area contributed by atoms with Crippen molar-refractivity contribution in [2.45, 2.75) is 24.9 Å². The van der Waals surface area contributed by atoms with Gasteiger partial charge in [0.25, 0.3) is 5.91 Å². The molecule has 0 saturated carbocycles. The van der Waals surface area contributed by atoms with Crippen molar-refractivity contribution in [3.8, 4) is 0 Å². The summed E-state index contributed by atoms with van der Waals surface area (Å²) in [6.07, 6.45) is -0.573. The van der Waals surface area contributed by atoms with Gasteiger partial charge in [-0.05, 0) is 12.8 Å². The van der Waals surface area contributed by atoms with Crippen LogP contribution in [0.15, 0.2) is 0 Å². The van der Waals surface area contributed by atoms with Crippen molar-refractivity contribution in [2.75, 3.05) is 19.7 Å². The van der Waals surface area contributed by atoms with Gasteiger partial charge in [-0.25, -0.2) is 30.2 Å². The Hall–Kier alpha value is -2.60. The van der Waals surface area contributed by atoms with Crippen LogP contribution in [0, 0.1) is 0 Å². The van der Waals surface area contributed by atoms with Crippen molar-refractivity contribution in [3.05, 3.63) is 0 Å². The van der Waals surface area contributed by atoms with E-state index in [9.17, 15) is 24.4 Å². The van der Waals surface area contributed by atoms with E-state index in [1.54, 1.807) is 5.32 Å². The van der Waals surface area contributed by atoms with Gasteiger partial charge in [-0.2, -0.15) is 0 Å². The summed E-state index contributed by atoms with van der Waals surface area (Å²) >= 11 is 0. The SMILES string of the molecule is O=C(O)NC(=O)NCCONC(=O)[C@@H]1CC[C@@H]2CN1C(=O)N2O. The molecule has 0 aliphatic carbocycles. The van der Waals surface area contributed by atoms with Crippen molar-refractivity contribution in [2.24, 2.45) is 0 Å². The number of hydrogen-bond donors (Lipinski definition) is 5. The maximum atomic E-state index is 12.0. The molecule has 12 heteroatoms. The highest BCUT2D eigenvalue weighted by atomic mass is 16.7. The van der Waals surface area contributed by atoms with E-state index in [-0.39, 0.29) is 25.7 Å². The standard InChI is InChI=1S/C11H17N5O7/c17-8(14-23-4-3-12-9(18)13-10(19)20)7-2-1-6-5-15(7)11(21)16(6)22/h6-7,22H,1-5H2,(H,14,17)(H,19,20)(H2,12,13,18)/t6-,7+/m1/s1. The quantitative estimate of drug-likeness (QED) is 0.237. The molecule has 5 N–H and O–H groups in total. The highest BCUT2D eigenvalue weighted by Crippen LogP contribution is 2.28. The number of carbonyl (C=O) groups excluding carboxylic acids is 3. The van der Waals surface area contributed by atoms with Gasteiger partial charge in [-0.1, -0.05) is 0 Å². The first-order chi connectivity index (χ1) is 10.9. The molecule has 6 amide bonds. The minimum Gasteiger partial charge on any atom is -0.465 e. The predicted octanol–water partition coefficient (Wildman–Crippen LogP) is -1.33. The second-order valence-corrected chi connectivity index (χ2v) is 5.03. The number of hydroxylamine groups is 3. The van der Waals surface area contributed by atoms with E-state index >= 15 is 0 Å². The van der Waals surface area contributed by atoms with E-state index in [2.05, 4.69) is 10.8 Å². The molecule has 0 unspecified atom stereocenters. The third-order valence-corrected chi connectivity index (χ3v) is 3.53. The van der Waals surface area contributed by atoms with Gasteiger partial charge in [0.2, 0.25) is 0 Å². The topological polar surface area (TPSA) is 161 Å². The number of piperidine rings is 1. The Morgan fingerprint density at radius 1 is 1.30 bits per heavy atom. The lowest BCUT2D eigenvalue weighted by molar-refractivity contribution is -0.138. The number of carbonyl (C=O) groups is 4. The zero-order chi connectivity index (χ0) is 17.0. The van der Waals surface area contributed by atoms with Crippen LogP contribution in [0.2, 0.25) is 0 Å². The number of imide groups is 1. The molecule has 2 heterocycles. The second-order valence-electron chi connectivity index (χ2n) is 5.03. The van der Waals surface area contributed by atoms with E-state index in [1.165, 1.54) is 4.90 Å². The molecule has 0 spiro atoms. The van der Waals surface area contributed by atoms with E-state index in [0.717, 1.165) is 0 Å². The summed E-state index contributed by atoms with van der Waals surface area (Å²) in [5.41, 5.74) is 2.16. The number of rotatable bonds is 5. The van der Waals surface area contributed by atoms with Crippen molar-refractivity contribution in [1.29, 1.82) is 0 Å². The first-order valence-electron chi connectivity index (χ1n) is 6.88. The number of amides is 6. The van der Waals surface area contributed by atoms with Gasteiger partial charge in [-0.3, -0.25) is 14.8 Å².